The number of hydrogen-bond donors (Lipinski definition) is 0. The highest BCUT2D eigenvalue weighted by Gasteiger charge is 2.12. The molecule has 1 aromatic heterocycles. The van der Waals surface area contributed by atoms with E-state index >= 15 is 0 Å². The fraction of sp³-hybridized carbons (Fsp3) is 0.271. The topological polar surface area (TPSA) is 4.93 Å². The molecule has 506 valence electrons. The number of para-hydroxylation sites is 1. The molecule has 0 radical (unpaired) electrons. The lowest BCUT2D eigenvalue weighted by atomic mass is 9.91. The van der Waals surface area contributed by atoms with Gasteiger partial charge in [-0.15, -0.1) is 0 Å². The maximum atomic E-state index is 2.30. The second kappa shape index (κ2) is 40.3. The van der Waals surface area contributed by atoms with Crippen molar-refractivity contribution < 1.29 is 0 Å². The molecule has 0 bridgehead atoms. The van der Waals surface area contributed by atoms with Crippen LogP contribution in [0.3, 0.4) is 0 Å². The van der Waals surface area contributed by atoms with Crippen molar-refractivity contribution in [2.24, 2.45) is 7.05 Å². The Morgan fingerprint density at radius 1 is 0.186 bits per heavy atom. The minimum atomic E-state index is 1.30. The standard InChI is InChI=1S/C18H14.3C16H14.C14H13N.8C2H6/c1-11-3-5-13-8-10-16-12(2)4-6-14-7-9-15(11)17(13)18(14)16;1-11-6-5-9-15-12(2)14-8-4-3-7-13(14)10-16(11)15;1-11-6-8-15-13(10-11)7-9-14-12(2)4-3-5-16(14)15;1-11-7-8-12(2)16-10-14-6-4-3-5-13(14)9-15(11)16;1-10-7-8-12-11-5-3-4-6-13(11)15(2)14(12)9-10;8*1-2/h3-10H,1-2H3;3*3-10H,1-2H3;3-9H,1-2H3;8*1-2H3. The van der Waals surface area contributed by atoms with Crippen LogP contribution >= 0.6 is 0 Å². The van der Waals surface area contributed by atoms with Crippen LogP contribution < -0.4 is 0 Å². The van der Waals surface area contributed by atoms with Crippen LogP contribution in [0.1, 0.15) is 161 Å². The Kier molecular flexibility index (Phi) is 33.3. The molecule has 1 heterocycles. The molecular weight excluding hydrogens is 1170 g/mol. The molecule has 1 nitrogen and oxygen atoms in total. The van der Waals surface area contributed by atoms with Crippen LogP contribution in [0.2, 0.25) is 0 Å². The first-order valence-electron chi connectivity index (χ1n) is 36.5. The van der Waals surface area contributed by atoms with E-state index in [2.05, 4.69) is 311 Å². The third-order valence-corrected chi connectivity index (χ3v) is 17.1. The van der Waals surface area contributed by atoms with Gasteiger partial charge in [0.25, 0.3) is 0 Å². The number of hydrogen-bond acceptors (Lipinski definition) is 0. The maximum Gasteiger partial charge on any atom is 0.0491 e. The summed E-state index contributed by atoms with van der Waals surface area (Å²) in [6.07, 6.45) is 0. The number of rotatable bonds is 0. The Hall–Kier alpha value is -9.30. The maximum absolute atomic E-state index is 2.30. The Bertz CT molecular complexity index is 4890. The van der Waals surface area contributed by atoms with E-state index in [0.717, 1.165) is 0 Å². The van der Waals surface area contributed by atoms with Crippen molar-refractivity contribution in [3.8, 4) is 0 Å². The molecule has 0 N–H and O–H groups in total. The van der Waals surface area contributed by atoms with E-state index in [9.17, 15) is 0 Å². The van der Waals surface area contributed by atoms with E-state index in [1.165, 1.54) is 169 Å². The van der Waals surface area contributed by atoms with E-state index in [-0.39, 0.29) is 0 Å². The molecule has 16 rings (SSSR count). The highest BCUT2D eigenvalue weighted by Crippen LogP contribution is 2.38. The van der Waals surface area contributed by atoms with Crippen molar-refractivity contribution in [2.45, 2.75) is 173 Å². The van der Waals surface area contributed by atoms with Crippen molar-refractivity contribution >= 4 is 119 Å². The van der Waals surface area contributed by atoms with Gasteiger partial charge >= 0.3 is 0 Å². The molecule has 0 amide bonds. The average Bonchev–Trinajstić information content (AvgIpc) is 1.43. The summed E-state index contributed by atoms with van der Waals surface area (Å²) in [4.78, 5) is 0. The second-order valence-corrected chi connectivity index (χ2v) is 22.6. The molecule has 15 aromatic carbocycles. The van der Waals surface area contributed by atoms with Gasteiger partial charge in [0.15, 0.2) is 0 Å². The zero-order chi connectivity index (χ0) is 72.1. The van der Waals surface area contributed by atoms with Gasteiger partial charge in [-0.25, -0.2) is 0 Å². The first-order valence-corrected chi connectivity index (χ1v) is 36.5. The molecule has 0 saturated carbocycles. The molecule has 0 aliphatic rings. The highest BCUT2D eigenvalue weighted by molar-refractivity contribution is 6.24. The molecule has 0 fully saturated rings. The Labute approximate surface area is 586 Å². The number of aromatic nitrogens is 1. The summed E-state index contributed by atoms with van der Waals surface area (Å²) in [5.74, 6) is 0. The lowest BCUT2D eigenvalue weighted by Gasteiger charge is -2.13. The predicted molar refractivity (Wildman–Crippen MR) is 448 cm³/mol. The van der Waals surface area contributed by atoms with Crippen LogP contribution in [0.4, 0.5) is 0 Å². The van der Waals surface area contributed by atoms with Gasteiger partial charge in [0, 0.05) is 28.9 Å². The summed E-state index contributed by atoms with van der Waals surface area (Å²) in [5.41, 5.74) is 14.8. The Morgan fingerprint density at radius 2 is 0.505 bits per heavy atom. The molecule has 0 spiro atoms. The third kappa shape index (κ3) is 18.4. The highest BCUT2D eigenvalue weighted by atomic mass is 14.9. The molecule has 0 saturated heterocycles. The summed E-state index contributed by atoms with van der Waals surface area (Å²) < 4.78 is 2.26. The van der Waals surface area contributed by atoms with Crippen LogP contribution in [0.5, 0.6) is 0 Å². The van der Waals surface area contributed by atoms with Gasteiger partial charge in [-0.1, -0.05) is 323 Å². The molecule has 16 aromatic rings. The van der Waals surface area contributed by atoms with Gasteiger partial charge < -0.3 is 4.57 Å². The summed E-state index contributed by atoms with van der Waals surface area (Å²) in [6.45, 7) is 51.6. The molecular formula is C96H117N. The summed E-state index contributed by atoms with van der Waals surface area (Å²) in [6, 6.07) is 85.7. The zero-order valence-electron chi connectivity index (χ0n) is 64.5. The Balaban J connectivity index is 0.000000245. The van der Waals surface area contributed by atoms with E-state index in [4.69, 9.17) is 0 Å². The minimum absolute atomic E-state index is 1.30. The normalized spacial score (nSPS) is 9.96. The molecule has 0 atom stereocenters. The molecule has 97 heavy (non-hydrogen) atoms. The number of nitrogens with zero attached hydrogens (tertiary/aromatic N) is 1. The van der Waals surface area contributed by atoms with Gasteiger partial charge in [-0.2, -0.15) is 0 Å². The number of fused-ring (bicyclic) bond motifs is 10. The van der Waals surface area contributed by atoms with Crippen molar-refractivity contribution in [2.75, 3.05) is 0 Å². The lowest BCUT2D eigenvalue weighted by molar-refractivity contribution is 1.01. The molecule has 0 unspecified atom stereocenters. The largest absolute Gasteiger partial charge is 0.344 e. The summed E-state index contributed by atoms with van der Waals surface area (Å²) in [7, 11) is 2.13. The average molecular weight is 1280 g/mol. The van der Waals surface area contributed by atoms with Gasteiger partial charge in [-0.3, -0.25) is 0 Å². The number of aryl methyl sites for hydroxylation is 10. The van der Waals surface area contributed by atoms with Gasteiger partial charge in [0.05, 0.1) is 0 Å². The SMILES string of the molecule is CC.CC.CC.CC.CC.CC.CC.CC.Cc1ccc(C)c2cc3ccccc3cc12.Cc1ccc2c(ccc3c(C)cccc32)c1.Cc1ccc2c3ccccc3n(C)c2c1.Cc1ccc2ccc3c(C)ccc4ccc1c2c43.Cc1cccc2c(C)c3ccccc3cc12. The smallest absolute Gasteiger partial charge is 0.0491 e. The fourth-order valence-electron chi connectivity index (χ4n) is 12.5. The van der Waals surface area contributed by atoms with Crippen LogP contribution in [-0.4, -0.2) is 4.57 Å². The Morgan fingerprint density at radius 3 is 1.03 bits per heavy atom. The molecule has 0 aliphatic carbocycles. The van der Waals surface area contributed by atoms with Crippen molar-refractivity contribution in [3.05, 3.63) is 287 Å². The van der Waals surface area contributed by atoms with Crippen LogP contribution in [0, 0.1) is 62.3 Å². The van der Waals surface area contributed by atoms with Crippen molar-refractivity contribution in [1.29, 1.82) is 0 Å². The summed E-state index contributed by atoms with van der Waals surface area (Å²) in [5, 5.41) is 27.2. The molecule has 0 aliphatic heterocycles. The van der Waals surface area contributed by atoms with E-state index < -0.39 is 0 Å². The van der Waals surface area contributed by atoms with Crippen molar-refractivity contribution in [1.82, 2.24) is 4.57 Å². The fourth-order valence-corrected chi connectivity index (χ4v) is 12.5. The minimum Gasteiger partial charge on any atom is -0.344 e. The third-order valence-electron chi connectivity index (χ3n) is 17.1. The lowest BCUT2D eigenvalue weighted by Crippen LogP contribution is -1.87. The monoisotopic (exact) mass is 1280 g/mol. The van der Waals surface area contributed by atoms with Gasteiger partial charge in [-0.05, 0) is 234 Å². The van der Waals surface area contributed by atoms with E-state index in [1.807, 2.05) is 111 Å². The zero-order valence-corrected chi connectivity index (χ0v) is 64.5. The second-order valence-electron chi connectivity index (χ2n) is 22.6. The van der Waals surface area contributed by atoms with Gasteiger partial charge in [0.2, 0.25) is 0 Å². The predicted octanol–water partition coefficient (Wildman–Crippen LogP) is 30.9. The first-order chi connectivity index (χ1) is 47.3. The van der Waals surface area contributed by atoms with Crippen LogP contribution in [-0.2, 0) is 7.05 Å². The summed E-state index contributed by atoms with van der Waals surface area (Å²) >= 11 is 0. The van der Waals surface area contributed by atoms with E-state index in [1.54, 1.807) is 0 Å². The first kappa shape index (κ1) is 80.1. The van der Waals surface area contributed by atoms with Crippen LogP contribution in [0.25, 0.3) is 119 Å². The number of benzene rings is 15. The van der Waals surface area contributed by atoms with E-state index in [0.29, 0.717) is 0 Å². The quantitative estimate of drug-likeness (QED) is 0.105. The molecule has 1 heteroatoms. The van der Waals surface area contributed by atoms with Gasteiger partial charge in [0.1, 0.15) is 0 Å². The van der Waals surface area contributed by atoms with Crippen LogP contribution in [0.15, 0.2) is 237 Å². The van der Waals surface area contributed by atoms with Crippen molar-refractivity contribution in [3.63, 3.8) is 0 Å².